The summed E-state index contributed by atoms with van der Waals surface area (Å²) in [5, 5.41) is 2.32. The Hall–Kier alpha value is -2.29. The Morgan fingerprint density at radius 1 is 0.938 bits per heavy atom. The molecule has 0 saturated heterocycles. The second-order valence-electron chi connectivity index (χ2n) is 3.44. The van der Waals surface area contributed by atoms with E-state index < -0.39 is 0 Å². The fourth-order valence-corrected chi connectivity index (χ4v) is 1.76. The second-order valence-corrected chi connectivity index (χ2v) is 3.44. The van der Waals surface area contributed by atoms with Gasteiger partial charge in [0.2, 0.25) is 6.33 Å². The molecule has 0 aliphatic heterocycles. The van der Waals surface area contributed by atoms with E-state index in [-0.39, 0.29) is 0 Å². The van der Waals surface area contributed by atoms with Crippen LogP contribution < -0.4 is 0 Å². The largest absolute Gasteiger partial charge is 0.216 e. The van der Waals surface area contributed by atoms with E-state index in [2.05, 4.69) is 39.5 Å². The molecular weight excluding hydrogens is 198 g/mol. The lowest BCUT2D eigenvalue weighted by Gasteiger charge is -2.03. The molecule has 0 unspecified atom stereocenters. The molecule has 3 aromatic rings. The van der Waals surface area contributed by atoms with Gasteiger partial charge in [-0.2, -0.15) is 0 Å². The molecule has 16 heavy (non-hydrogen) atoms. The molecule has 75 valence electrons. The maximum Gasteiger partial charge on any atom is 0.201 e. The first-order valence-corrected chi connectivity index (χ1v) is 4.98. The van der Waals surface area contributed by atoms with Gasteiger partial charge in [0.15, 0.2) is 5.82 Å². The lowest BCUT2D eigenvalue weighted by atomic mass is 10.0. The molecule has 0 aliphatic rings. The summed E-state index contributed by atoms with van der Waals surface area (Å²) in [7, 11) is 0. The van der Waals surface area contributed by atoms with Gasteiger partial charge in [-0.25, -0.2) is 15.0 Å². The molecule has 0 spiro atoms. The van der Waals surface area contributed by atoms with Crippen molar-refractivity contribution < 1.29 is 0 Å². The first kappa shape index (κ1) is 8.97. The number of hydrogen-bond acceptors (Lipinski definition) is 3. The highest BCUT2D eigenvalue weighted by Gasteiger charge is 2.04. The van der Waals surface area contributed by atoms with Crippen molar-refractivity contribution in [3.8, 4) is 11.4 Å². The normalized spacial score (nSPS) is 10.5. The van der Waals surface area contributed by atoms with Crippen molar-refractivity contribution in [2.75, 3.05) is 0 Å². The molecule has 0 bridgehead atoms. The van der Waals surface area contributed by atoms with E-state index >= 15 is 0 Å². The first-order valence-electron chi connectivity index (χ1n) is 4.98. The number of rotatable bonds is 1. The standard InChI is InChI=1S/C13H8N3/c1-2-6-11-10(4-1)5-3-7-12(11)13-15-8-14-9-16-13/h1-8H. The molecule has 0 amide bonds. The minimum Gasteiger partial charge on any atom is -0.216 e. The van der Waals surface area contributed by atoms with Crippen molar-refractivity contribution in [1.82, 2.24) is 15.0 Å². The summed E-state index contributed by atoms with van der Waals surface area (Å²) in [5.41, 5.74) is 1.01. The molecule has 1 heterocycles. The molecular formula is C13H8N3. The summed E-state index contributed by atoms with van der Waals surface area (Å²) >= 11 is 0. The van der Waals surface area contributed by atoms with Crippen molar-refractivity contribution in [3.63, 3.8) is 0 Å². The highest BCUT2D eigenvalue weighted by atomic mass is 15.0. The van der Waals surface area contributed by atoms with E-state index in [0.717, 1.165) is 10.9 Å². The Morgan fingerprint density at radius 2 is 1.81 bits per heavy atom. The fraction of sp³-hybridized carbons (Fsp3) is 0. The number of benzene rings is 2. The SMILES string of the molecule is [c]1ncnc(-c2cccc3ccccc23)n1. The van der Waals surface area contributed by atoms with Crippen LogP contribution in [-0.4, -0.2) is 15.0 Å². The average Bonchev–Trinajstić information content (AvgIpc) is 2.39. The number of fused-ring (bicyclic) bond motifs is 1. The van der Waals surface area contributed by atoms with Crippen LogP contribution in [0.3, 0.4) is 0 Å². The molecule has 2 aromatic carbocycles. The van der Waals surface area contributed by atoms with Crippen LogP contribution in [0.15, 0.2) is 48.8 Å². The fourth-order valence-electron chi connectivity index (χ4n) is 1.76. The highest BCUT2D eigenvalue weighted by Crippen LogP contribution is 2.25. The van der Waals surface area contributed by atoms with E-state index in [4.69, 9.17) is 0 Å². The Bertz CT molecular complexity index is 615. The van der Waals surface area contributed by atoms with Crippen LogP contribution in [0.4, 0.5) is 0 Å². The number of aromatic nitrogens is 3. The molecule has 0 saturated carbocycles. The maximum absolute atomic E-state index is 4.15. The predicted molar refractivity (Wildman–Crippen MR) is 61.6 cm³/mol. The zero-order chi connectivity index (χ0) is 10.8. The van der Waals surface area contributed by atoms with Crippen LogP contribution in [0.1, 0.15) is 0 Å². The molecule has 1 aromatic heterocycles. The van der Waals surface area contributed by atoms with Gasteiger partial charge in [-0.15, -0.1) is 0 Å². The van der Waals surface area contributed by atoms with Gasteiger partial charge in [0, 0.05) is 5.56 Å². The summed E-state index contributed by atoms with van der Waals surface area (Å²) in [6.45, 7) is 0. The lowest BCUT2D eigenvalue weighted by molar-refractivity contribution is 1.05. The molecule has 0 N–H and O–H groups in total. The van der Waals surface area contributed by atoms with Gasteiger partial charge in [-0.3, -0.25) is 0 Å². The second kappa shape index (κ2) is 3.70. The molecule has 0 aliphatic carbocycles. The van der Waals surface area contributed by atoms with E-state index in [1.165, 1.54) is 11.7 Å². The minimum atomic E-state index is 0.659. The molecule has 1 radical (unpaired) electrons. The Morgan fingerprint density at radius 3 is 2.69 bits per heavy atom. The smallest absolute Gasteiger partial charge is 0.201 e. The zero-order valence-corrected chi connectivity index (χ0v) is 8.46. The van der Waals surface area contributed by atoms with Gasteiger partial charge in [0.05, 0.1) is 0 Å². The molecule has 0 fully saturated rings. The van der Waals surface area contributed by atoms with Crippen LogP contribution in [0.5, 0.6) is 0 Å². The van der Waals surface area contributed by atoms with Gasteiger partial charge in [0.1, 0.15) is 6.33 Å². The Balaban J connectivity index is 2.32. The number of nitrogens with zero attached hydrogens (tertiary/aromatic N) is 3. The zero-order valence-electron chi connectivity index (χ0n) is 8.46. The summed E-state index contributed by atoms with van der Waals surface area (Å²) < 4.78 is 0. The summed E-state index contributed by atoms with van der Waals surface area (Å²) in [5.74, 6) is 0.659. The summed E-state index contributed by atoms with van der Waals surface area (Å²) in [6.07, 6.45) is 4.02. The third-order valence-electron chi connectivity index (χ3n) is 2.48. The van der Waals surface area contributed by atoms with Crippen LogP contribution >= 0.6 is 0 Å². The number of hydrogen-bond donors (Lipinski definition) is 0. The van der Waals surface area contributed by atoms with E-state index in [9.17, 15) is 0 Å². The molecule has 3 rings (SSSR count). The van der Waals surface area contributed by atoms with E-state index in [1.54, 1.807) is 0 Å². The van der Waals surface area contributed by atoms with Gasteiger partial charge in [0.25, 0.3) is 0 Å². The quantitative estimate of drug-likeness (QED) is 0.614. The third-order valence-corrected chi connectivity index (χ3v) is 2.48. The van der Waals surface area contributed by atoms with Gasteiger partial charge in [-0.05, 0) is 10.8 Å². The summed E-state index contributed by atoms with van der Waals surface area (Å²) in [6, 6.07) is 14.2. The van der Waals surface area contributed by atoms with E-state index in [0.29, 0.717) is 5.82 Å². The minimum absolute atomic E-state index is 0.659. The third kappa shape index (κ3) is 1.42. The van der Waals surface area contributed by atoms with Gasteiger partial charge < -0.3 is 0 Å². The van der Waals surface area contributed by atoms with Crippen LogP contribution in [-0.2, 0) is 0 Å². The topological polar surface area (TPSA) is 38.7 Å². The Labute approximate surface area is 92.8 Å². The monoisotopic (exact) mass is 206 g/mol. The van der Waals surface area contributed by atoms with Crippen molar-refractivity contribution in [2.45, 2.75) is 0 Å². The maximum atomic E-state index is 4.15. The molecule has 3 heteroatoms. The van der Waals surface area contributed by atoms with Crippen LogP contribution in [0, 0.1) is 6.33 Å². The average molecular weight is 206 g/mol. The van der Waals surface area contributed by atoms with Crippen molar-refractivity contribution in [2.24, 2.45) is 0 Å². The van der Waals surface area contributed by atoms with Gasteiger partial charge >= 0.3 is 0 Å². The first-order chi connectivity index (χ1) is 7.95. The van der Waals surface area contributed by atoms with Crippen molar-refractivity contribution in [3.05, 3.63) is 55.1 Å². The highest BCUT2D eigenvalue weighted by molar-refractivity contribution is 5.94. The van der Waals surface area contributed by atoms with E-state index in [1.807, 2.05) is 24.3 Å². The van der Waals surface area contributed by atoms with Crippen molar-refractivity contribution >= 4 is 10.8 Å². The van der Waals surface area contributed by atoms with Crippen LogP contribution in [0.25, 0.3) is 22.2 Å². The lowest BCUT2D eigenvalue weighted by Crippen LogP contribution is -1.90. The molecule has 3 nitrogen and oxygen atoms in total. The van der Waals surface area contributed by atoms with Crippen LogP contribution in [0.2, 0.25) is 0 Å². The van der Waals surface area contributed by atoms with Crippen molar-refractivity contribution in [1.29, 1.82) is 0 Å². The Kier molecular flexibility index (Phi) is 2.07. The molecule has 0 atom stereocenters. The van der Waals surface area contributed by atoms with Gasteiger partial charge in [-0.1, -0.05) is 42.5 Å². The predicted octanol–water partition coefficient (Wildman–Crippen LogP) is 2.49. The summed E-state index contributed by atoms with van der Waals surface area (Å²) in [4.78, 5) is 11.9.